The number of likely N-dealkylation sites (N-methyl/N-ethyl adjacent to an activating group) is 1. The van der Waals surface area contributed by atoms with Gasteiger partial charge in [0, 0.05) is 35.9 Å². The van der Waals surface area contributed by atoms with Crippen LogP contribution in [0.2, 0.25) is 0 Å². The largest absolute Gasteiger partial charge is 0.497 e. The molecule has 9 heteroatoms. The van der Waals surface area contributed by atoms with Crippen molar-refractivity contribution in [2.45, 2.75) is 32.4 Å². The summed E-state index contributed by atoms with van der Waals surface area (Å²) >= 11 is 0. The zero-order valence-electron chi connectivity index (χ0n) is 20.1. The number of amides is 3. The molecule has 34 heavy (non-hydrogen) atoms. The zero-order chi connectivity index (χ0) is 24.7. The summed E-state index contributed by atoms with van der Waals surface area (Å²) < 4.78 is 11.4. The Morgan fingerprint density at radius 3 is 2.53 bits per heavy atom. The number of ether oxygens (including phenoxy) is 2. The van der Waals surface area contributed by atoms with Crippen LogP contribution in [0.5, 0.6) is 11.5 Å². The van der Waals surface area contributed by atoms with Crippen LogP contribution in [0.4, 0.5) is 16.2 Å². The van der Waals surface area contributed by atoms with E-state index in [-0.39, 0.29) is 37.0 Å². The number of aliphatic hydroxyl groups excluding tert-OH is 1. The fraction of sp³-hybridized carbons (Fsp3) is 0.440. The molecule has 0 unspecified atom stereocenters. The monoisotopic (exact) mass is 470 g/mol. The van der Waals surface area contributed by atoms with Crippen molar-refractivity contribution >= 4 is 23.3 Å². The third kappa shape index (κ3) is 6.39. The summed E-state index contributed by atoms with van der Waals surface area (Å²) in [5, 5.41) is 18.4. The summed E-state index contributed by atoms with van der Waals surface area (Å²) in [6, 6.07) is 11.6. The van der Waals surface area contributed by atoms with Crippen molar-refractivity contribution in [3.8, 4) is 11.5 Å². The van der Waals surface area contributed by atoms with Gasteiger partial charge in [-0.1, -0.05) is 6.92 Å². The first-order chi connectivity index (χ1) is 16.3. The van der Waals surface area contributed by atoms with Gasteiger partial charge in [0.1, 0.15) is 17.6 Å². The van der Waals surface area contributed by atoms with E-state index in [1.165, 1.54) is 0 Å². The summed E-state index contributed by atoms with van der Waals surface area (Å²) in [7, 11) is 3.44. The van der Waals surface area contributed by atoms with Crippen LogP contribution in [-0.4, -0.2) is 67.9 Å². The minimum atomic E-state index is -0.405. The van der Waals surface area contributed by atoms with E-state index in [1.54, 1.807) is 54.5 Å². The first kappa shape index (κ1) is 25.3. The van der Waals surface area contributed by atoms with Crippen molar-refractivity contribution in [2.75, 3.05) is 44.5 Å². The van der Waals surface area contributed by atoms with Crippen molar-refractivity contribution in [3.63, 3.8) is 0 Å². The summed E-state index contributed by atoms with van der Waals surface area (Å²) in [5.74, 6) is 1.26. The molecule has 3 atom stereocenters. The molecular weight excluding hydrogens is 436 g/mol. The molecule has 0 fully saturated rings. The first-order valence-corrected chi connectivity index (χ1v) is 11.4. The fourth-order valence-corrected chi connectivity index (χ4v) is 3.92. The molecule has 0 aliphatic carbocycles. The van der Waals surface area contributed by atoms with Gasteiger partial charge < -0.3 is 35.4 Å². The molecule has 3 rings (SSSR count). The van der Waals surface area contributed by atoms with Crippen molar-refractivity contribution in [1.29, 1.82) is 0 Å². The van der Waals surface area contributed by atoms with Crippen LogP contribution in [-0.2, 0) is 11.2 Å². The number of nitrogens with one attached hydrogen (secondary N) is 3. The Bertz CT molecular complexity index is 982. The van der Waals surface area contributed by atoms with E-state index in [0.717, 1.165) is 0 Å². The van der Waals surface area contributed by atoms with E-state index in [1.807, 2.05) is 20.9 Å². The highest BCUT2D eigenvalue weighted by Gasteiger charge is 2.30. The van der Waals surface area contributed by atoms with Crippen LogP contribution >= 0.6 is 0 Å². The maximum Gasteiger partial charge on any atom is 0.323 e. The SMILES string of the molecule is CNC[C@@H]1Oc2ccc(NC(=O)Nc3ccc(OC)cc3)cc2CC(=O)N([C@H](C)CO)C[C@H]1C. The number of anilines is 2. The highest BCUT2D eigenvalue weighted by molar-refractivity contribution is 6.00. The average molecular weight is 471 g/mol. The summed E-state index contributed by atoms with van der Waals surface area (Å²) in [4.78, 5) is 27.4. The number of fused-ring (bicyclic) bond motifs is 1. The Labute approximate surface area is 200 Å². The smallest absolute Gasteiger partial charge is 0.323 e. The third-order valence-corrected chi connectivity index (χ3v) is 5.93. The van der Waals surface area contributed by atoms with E-state index in [4.69, 9.17) is 9.47 Å². The van der Waals surface area contributed by atoms with Crippen LogP contribution in [0.1, 0.15) is 19.4 Å². The third-order valence-electron chi connectivity index (χ3n) is 5.93. The first-order valence-electron chi connectivity index (χ1n) is 11.4. The minimum absolute atomic E-state index is 0.0458. The van der Waals surface area contributed by atoms with Crippen LogP contribution in [0.3, 0.4) is 0 Å². The predicted octanol–water partition coefficient (Wildman–Crippen LogP) is 2.71. The second-order valence-electron chi connectivity index (χ2n) is 8.58. The molecule has 2 aromatic carbocycles. The molecule has 0 aromatic heterocycles. The van der Waals surface area contributed by atoms with Gasteiger partial charge in [0.05, 0.1) is 26.2 Å². The number of hydrogen-bond acceptors (Lipinski definition) is 6. The van der Waals surface area contributed by atoms with Crippen LogP contribution in [0.15, 0.2) is 42.5 Å². The lowest BCUT2D eigenvalue weighted by atomic mass is 10.0. The molecule has 1 heterocycles. The second-order valence-corrected chi connectivity index (χ2v) is 8.58. The number of methoxy groups -OCH3 is 1. The summed E-state index contributed by atoms with van der Waals surface area (Å²) in [6.45, 7) is 4.85. The normalized spacial score (nSPS) is 19.1. The Morgan fingerprint density at radius 2 is 1.88 bits per heavy atom. The van der Waals surface area contributed by atoms with Crippen molar-refractivity contribution < 1.29 is 24.2 Å². The number of hydrogen-bond donors (Lipinski definition) is 4. The number of carbonyl (C=O) groups is 2. The lowest BCUT2D eigenvalue weighted by Gasteiger charge is -2.32. The quantitative estimate of drug-likeness (QED) is 0.495. The van der Waals surface area contributed by atoms with Gasteiger partial charge in [-0.15, -0.1) is 0 Å². The molecular formula is C25H34N4O5. The van der Waals surface area contributed by atoms with E-state index < -0.39 is 6.03 Å². The maximum atomic E-state index is 13.2. The lowest BCUT2D eigenvalue weighted by molar-refractivity contribution is -0.134. The molecule has 9 nitrogen and oxygen atoms in total. The molecule has 0 spiro atoms. The van der Waals surface area contributed by atoms with Crippen LogP contribution in [0.25, 0.3) is 0 Å². The van der Waals surface area contributed by atoms with E-state index >= 15 is 0 Å². The molecule has 2 aromatic rings. The molecule has 1 aliphatic heterocycles. The maximum absolute atomic E-state index is 13.2. The zero-order valence-corrected chi connectivity index (χ0v) is 20.1. The number of nitrogens with zero attached hydrogens (tertiary/aromatic N) is 1. The number of rotatable bonds is 7. The molecule has 0 radical (unpaired) electrons. The van der Waals surface area contributed by atoms with E-state index in [9.17, 15) is 14.7 Å². The molecule has 0 saturated carbocycles. The Morgan fingerprint density at radius 1 is 1.21 bits per heavy atom. The van der Waals surface area contributed by atoms with Gasteiger partial charge in [-0.05, 0) is 56.4 Å². The average Bonchev–Trinajstić information content (AvgIpc) is 2.87. The molecule has 1 aliphatic rings. The van der Waals surface area contributed by atoms with Crippen molar-refractivity contribution in [3.05, 3.63) is 48.0 Å². The Kier molecular flexibility index (Phi) is 8.72. The number of benzene rings is 2. The van der Waals surface area contributed by atoms with Crippen LogP contribution in [0, 0.1) is 5.92 Å². The van der Waals surface area contributed by atoms with Gasteiger partial charge in [-0.25, -0.2) is 4.79 Å². The van der Waals surface area contributed by atoms with Crippen molar-refractivity contribution in [2.24, 2.45) is 5.92 Å². The standard InChI is InChI=1S/C25H34N4O5/c1-16-14-29(17(2)15-30)24(31)12-18-11-20(7-10-22(18)34-23(16)13-26-3)28-25(32)27-19-5-8-21(33-4)9-6-19/h5-11,16-17,23,26,30H,12-15H2,1-4H3,(H2,27,28,32)/t16-,17-,23+/m1/s1. The Balaban J connectivity index is 1.81. The van der Waals surface area contributed by atoms with Gasteiger partial charge in [-0.3, -0.25) is 4.79 Å². The number of urea groups is 1. The number of carbonyl (C=O) groups excluding carboxylic acids is 2. The lowest BCUT2D eigenvalue weighted by Crippen LogP contribution is -2.47. The minimum Gasteiger partial charge on any atom is -0.497 e. The molecule has 3 amide bonds. The number of aliphatic hydroxyl groups is 1. The summed E-state index contributed by atoms with van der Waals surface area (Å²) in [6.07, 6.45) is -0.0610. The van der Waals surface area contributed by atoms with Crippen molar-refractivity contribution in [1.82, 2.24) is 10.2 Å². The van der Waals surface area contributed by atoms with Gasteiger partial charge >= 0.3 is 6.03 Å². The van der Waals surface area contributed by atoms with Gasteiger partial charge in [-0.2, -0.15) is 0 Å². The molecule has 0 bridgehead atoms. The highest BCUT2D eigenvalue weighted by Crippen LogP contribution is 2.29. The molecule has 0 saturated heterocycles. The summed E-state index contributed by atoms with van der Waals surface area (Å²) in [5.41, 5.74) is 1.84. The van der Waals surface area contributed by atoms with Gasteiger partial charge in [0.2, 0.25) is 5.91 Å². The van der Waals surface area contributed by atoms with Gasteiger partial charge in [0.25, 0.3) is 0 Å². The fourth-order valence-electron chi connectivity index (χ4n) is 3.92. The molecule has 4 N–H and O–H groups in total. The second kappa shape index (κ2) is 11.7. The van der Waals surface area contributed by atoms with E-state index in [2.05, 4.69) is 16.0 Å². The predicted molar refractivity (Wildman–Crippen MR) is 132 cm³/mol. The Hall–Kier alpha value is -3.30. The highest BCUT2D eigenvalue weighted by atomic mass is 16.5. The van der Waals surface area contributed by atoms with Crippen LogP contribution < -0.4 is 25.4 Å². The molecule has 184 valence electrons. The topological polar surface area (TPSA) is 112 Å². The van der Waals surface area contributed by atoms with E-state index in [0.29, 0.717) is 41.5 Å². The van der Waals surface area contributed by atoms with Gasteiger partial charge in [0.15, 0.2) is 0 Å².